The Balaban J connectivity index is 2.47. The maximum Gasteiger partial charge on any atom is 0.242 e. The van der Waals surface area contributed by atoms with E-state index in [2.05, 4.69) is 5.32 Å². The summed E-state index contributed by atoms with van der Waals surface area (Å²) in [6.07, 6.45) is 2.43. The molecule has 3 N–H and O–H groups in total. The van der Waals surface area contributed by atoms with Crippen LogP contribution in [-0.2, 0) is 10.3 Å². The normalized spacial score (nSPS) is 25.3. The Morgan fingerprint density at radius 1 is 1.38 bits per heavy atom. The third-order valence-corrected chi connectivity index (χ3v) is 3.16. The smallest absolute Gasteiger partial charge is 0.242 e. The number of piperidine rings is 1. The highest BCUT2D eigenvalue weighted by atomic mass is 19.1. The van der Waals surface area contributed by atoms with Gasteiger partial charge in [-0.2, -0.15) is 0 Å². The number of primary amides is 1. The van der Waals surface area contributed by atoms with Crippen molar-refractivity contribution in [3.8, 4) is 0 Å². The van der Waals surface area contributed by atoms with Crippen molar-refractivity contribution in [3.63, 3.8) is 0 Å². The van der Waals surface area contributed by atoms with Gasteiger partial charge < -0.3 is 5.73 Å². The standard InChI is InChI=1S/C12H15FN2O/c13-10-6-2-1-5-9(10)12(11(14)16)7-3-4-8-15-12/h1-2,5-6,15H,3-4,7-8H2,(H2,14,16). The maximum absolute atomic E-state index is 13.7. The largest absolute Gasteiger partial charge is 0.368 e. The first-order valence-electron chi connectivity index (χ1n) is 5.47. The van der Waals surface area contributed by atoms with Crippen molar-refractivity contribution in [2.45, 2.75) is 24.8 Å². The highest BCUT2D eigenvalue weighted by molar-refractivity contribution is 5.86. The molecule has 1 amide bonds. The summed E-state index contributed by atoms with van der Waals surface area (Å²) in [6.45, 7) is 0.692. The molecular weight excluding hydrogens is 207 g/mol. The Morgan fingerprint density at radius 3 is 2.69 bits per heavy atom. The summed E-state index contributed by atoms with van der Waals surface area (Å²) in [5.74, 6) is -0.881. The summed E-state index contributed by atoms with van der Waals surface area (Å²) in [7, 11) is 0. The molecule has 1 aromatic rings. The van der Waals surface area contributed by atoms with E-state index in [1.165, 1.54) is 6.07 Å². The molecule has 0 saturated carbocycles. The summed E-state index contributed by atoms with van der Waals surface area (Å²) >= 11 is 0. The van der Waals surface area contributed by atoms with Gasteiger partial charge in [-0.05, 0) is 31.9 Å². The number of nitrogens with two attached hydrogens (primary N) is 1. The van der Waals surface area contributed by atoms with Gasteiger partial charge in [-0.25, -0.2) is 4.39 Å². The predicted molar refractivity (Wildman–Crippen MR) is 59.1 cm³/mol. The fourth-order valence-corrected chi connectivity index (χ4v) is 2.29. The minimum Gasteiger partial charge on any atom is -0.368 e. The Kier molecular flexibility index (Phi) is 2.92. The lowest BCUT2D eigenvalue weighted by Crippen LogP contribution is -2.55. The molecule has 1 unspecified atom stereocenters. The molecule has 0 bridgehead atoms. The van der Waals surface area contributed by atoms with Gasteiger partial charge in [-0.3, -0.25) is 10.1 Å². The van der Waals surface area contributed by atoms with E-state index in [0.29, 0.717) is 18.5 Å². The van der Waals surface area contributed by atoms with Crippen LogP contribution in [0.1, 0.15) is 24.8 Å². The molecule has 4 heteroatoms. The molecule has 1 heterocycles. The quantitative estimate of drug-likeness (QED) is 0.792. The lowest BCUT2D eigenvalue weighted by Gasteiger charge is -2.36. The first-order chi connectivity index (χ1) is 7.67. The molecule has 0 aromatic heterocycles. The first kappa shape index (κ1) is 11.1. The monoisotopic (exact) mass is 222 g/mol. The van der Waals surface area contributed by atoms with Gasteiger partial charge in [0, 0.05) is 5.56 Å². The SMILES string of the molecule is NC(=O)C1(c2ccccc2F)CCCCN1. The van der Waals surface area contributed by atoms with E-state index in [-0.39, 0.29) is 5.82 Å². The van der Waals surface area contributed by atoms with Crippen LogP contribution in [0.5, 0.6) is 0 Å². The minimum atomic E-state index is -1.02. The number of benzene rings is 1. The summed E-state index contributed by atoms with van der Waals surface area (Å²) in [5.41, 5.74) is 4.77. The summed E-state index contributed by atoms with van der Waals surface area (Å²) in [4.78, 5) is 11.6. The average Bonchev–Trinajstić information content (AvgIpc) is 2.30. The van der Waals surface area contributed by atoms with Crippen LogP contribution in [0.2, 0.25) is 0 Å². The molecule has 1 fully saturated rings. The van der Waals surface area contributed by atoms with Crippen LogP contribution >= 0.6 is 0 Å². The number of carbonyl (C=O) groups is 1. The molecule has 0 radical (unpaired) electrons. The van der Waals surface area contributed by atoms with E-state index < -0.39 is 11.4 Å². The summed E-state index contributed by atoms with van der Waals surface area (Å²) < 4.78 is 13.7. The molecule has 1 atom stereocenters. The predicted octanol–water partition coefficient (Wildman–Crippen LogP) is 1.28. The van der Waals surface area contributed by atoms with Crippen LogP contribution in [0.4, 0.5) is 4.39 Å². The molecule has 0 aliphatic carbocycles. The van der Waals surface area contributed by atoms with E-state index in [0.717, 1.165) is 12.8 Å². The Morgan fingerprint density at radius 2 is 2.12 bits per heavy atom. The van der Waals surface area contributed by atoms with E-state index >= 15 is 0 Å². The Labute approximate surface area is 93.8 Å². The van der Waals surface area contributed by atoms with Crippen molar-refractivity contribution in [1.29, 1.82) is 0 Å². The molecule has 86 valence electrons. The number of nitrogens with one attached hydrogen (secondary N) is 1. The Bertz CT molecular complexity index is 400. The number of rotatable bonds is 2. The van der Waals surface area contributed by atoms with Gasteiger partial charge >= 0.3 is 0 Å². The van der Waals surface area contributed by atoms with Gasteiger partial charge in [-0.1, -0.05) is 18.2 Å². The van der Waals surface area contributed by atoms with E-state index in [1.807, 2.05) is 0 Å². The van der Waals surface area contributed by atoms with Crippen LogP contribution in [0.25, 0.3) is 0 Å². The number of halogens is 1. The lowest BCUT2D eigenvalue weighted by molar-refractivity contribution is -0.125. The van der Waals surface area contributed by atoms with Gasteiger partial charge in [0.15, 0.2) is 0 Å². The van der Waals surface area contributed by atoms with Gasteiger partial charge in [0.2, 0.25) is 5.91 Å². The van der Waals surface area contributed by atoms with Gasteiger partial charge in [0.05, 0.1) is 0 Å². The summed E-state index contributed by atoms with van der Waals surface area (Å²) in [6, 6.07) is 6.31. The topological polar surface area (TPSA) is 55.1 Å². The molecular formula is C12H15FN2O. The van der Waals surface area contributed by atoms with Crippen molar-refractivity contribution in [1.82, 2.24) is 5.32 Å². The van der Waals surface area contributed by atoms with E-state index in [9.17, 15) is 9.18 Å². The number of carbonyl (C=O) groups excluding carboxylic acids is 1. The number of hydrogen-bond donors (Lipinski definition) is 2. The lowest BCUT2D eigenvalue weighted by atomic mass is 9.81. The first-order valence-corrected chi connectivity index (χ1v) is 5.47. The fourth-order valence-electron chi connectivity index (χ4n) is 2.29. The second-order valence-electron chi connectivity index (χ2n) is 4.13. The number of hydrogen-bond acceptors (Lipinski definition) is 2. The van der Waals surface area contributed by atoms with Gasteiger partial charge in [-0.15, -0.1) is 0 Å². The van der Waals surface area contributed by atoms with Crippen molar-refractivity contribution in [3.05, 3.63) is 35.6 Å². The zero-order valence-corrected chi connectivity index (χ0v) is 9.00. The van der Waals surface area contributed by atoms with Crippen LogP contribution in [-0.4, -0.2) is 12.5 Å². The van der Waals surface area contributed by atoms with Crippen molar-refractivity contribution in [2.24, 2.45) is 5.73 Å². The highest BCUT2D eigenvalue weighted by Gasteiger charge is 2.41. The van der Waals surface area contributed by atoms with Crippen molar-refractivity contribution < 1.29 is 9.18 Å². The van der Waals surface area contributed by atoms with Crippen LogP contribution in [0.15, 0.2) is 24.3 Å². The Hall–Kier alpha value is -1.42. The van der Waals surface area contributed by atoms with Gasteiger partial charge in [0.25, 0.3) is 0 Å². The molecule has 2 rings (SSSR count). The average molecular weight is 222 g/mol. The van der Waals surface area contributed by atoms with Crippen LogP contribution < -0.4 is 11.1 Å². The third kappa shape index (κ3) is 1.69. The van der Waals surface area contributed by atoms with Gasteiger partial charge in [0.1, 0.15) is 11.4 Å². The molecule has 1 aliphatic rings. The zero-order chi connectivity index (χ0) is 11.6. The second-order valence-corrected chi connectivity index (χ2v) is 4.13. The van der Waals surface area contributed by atoms with Crippen molar-refractivity contribution in [2.75, 3.05) is 6.54 Å². The third-order valence-electron chi connectivity index (χ3n) is 3.16. The maximum atomic E-state index is 13.7. The zero-order valence-electron chi connectivity index (χ0n) is 9.00. The van der Waals surface area contributed by atoms with Crippen LogP contribution in [0.3, 0.4) is 0 Å². The molecule has 1 aliphatic heterocycles. The molecule has 16 heavy (non-hydrogen) atoms. The van der Waals surface area contributed by atoms with Crippen molar-refractivity contribution >= 4 is 5.91 Å². The minimum absolute atomic E-state index is 0.363. The molecule has 1 saturated heterocycles. The van der Waals surface area contributed by atoms with E-state index in [1.54, 1.807) is 18.2 Å². The fraction of sp³-hybridized carbons (Fsp3) is 0.417. The van der Waals surface area contributed by atoms with Crippen LogP contribution in [0, 0.1) is 5.82 Å². The van der Waals surface area contributed by atoms with E-state index in [4.69, 9.17) is 5.73 Å². The molecule has 3 nitrogen and oxygen atoms in total. The highest BCUT2D eigenvalue weighted by Crippen LogP contribution is 2.31. The molecule has 1 aromatic carbocycles. The molecule has 0 spiro atoms. The second kappa shape index (κ2) is 4.22. The number of amides is 1. The summed E-state index contributed by atoms with van der Waals surface area (Å²) in [5, 5.41) is 3.07.